The van der Waals surface area contributed by atoms with E-state index >= 15 is 0 Å². The molecule has 7 nitrogen and oxygen atoms in total. The van der Waals surface area contributed by atoms with Crippen molar-refractivity contribution in [1.82, 2.24) is 10.2 Å². The second kappa shape index (κ2) is 10.6. The number of nitrogens with one attached hydrogen (secondary N) is 2. The number of likely N-dealkylation sites (tertiary alicyclic amines) is 1. The second-order valence-electron chi connectivity index (χ2n) is 7.14. The van der Waals surface area contributed by atoms with Crippen molar-refractivity contribution in [3.63, 3.8) is 0 Å². The summed E-state index contributed by atoms with van der Waals surface area (Å²) in [5, 5.41) is 5.71. The highest BCUT2D eigenvalue weighted by Gasteiger charge is 2.27. The number of methoxy groups -OCH3 is 1. The Labute approximate surface area is 179 Å². The van der Waals surface area contributed by atoms with E-state index < -0.39 is 6.61 Å². The first kappa shape index (κ1) is 22.3. The summed E-state index contributed by atoms with van der Waals surface area (Å²) in [4.78, 5) is 26.5. The van der Waals surface area contributed by atoms with E-state index in [1.807, 2.05) is 30.3 Å². The van der Waals surface area contributed by atoms with E-state index in [1.165, 1.54) is 19.2 Å². The first-order valence-corrected chi connectivity index (χ1v) is 9.96. The maximum atomic E-state index is 12.5. The Morgan fingerprint density at radius 3 is 2.45 bits per heavy atom. The molecule has 1 aliphatic heterocycles. The van der Waals surface area contributed by atoms with Crippen LogP contribution >= 0.6 is 0 Å². The Morgan fingerprint density at radius 2 is 1.81 bits per heavy atom. The smallest absolute Gasteiger partial charge is 0.387 e. The van der Waals surface area contributed by atoms with Crippen LogP contribution in [0.15, 0.2) is 48.5 Å². The van der Waals surface area contributed by atoms with E-state index in [0.29, 0.717) is 31.5 Å². The summed E-state index contributed by atoms with van der Waals surface area (Å²) in [7, 11) is 1.36. The molecule has 0 radical (unpaired) electrons. The quantitative estimate of drug-likeness (QED) is 0.695. The van der Waals surface area contributed by atoms with Crippen molar-refractivity contribution in [3.8, 4) is 11.5 Å². The van der Waals surface area contributed by atoms with Crippen LogP contribution < -0.4 is 20.1 Å². The lowest BCUT2D eigenvalue weighted by molar-refractivity contribution is -0.121. The number of nitrogens with zero attached hydrogens (tertiary/aromatic N) is 1. The Hall–Kier alpha value is -3.36. The van der Waals surface area contributed by atoms with Crippen LogP contribution in [-0.2, 0) is 11.3 Å². The largest absolute Gasteiger partial charge is 0.493 e. The highest BCUT2D eigenvalue weighted by atomic mass is 19.3. The van der Waals surface area contributed by atoms with Crippen molar-refractivity contribution in [1.29, 1.82) is 0 Å². The van der Waals surface area contributed by atoms with Crippen LogP contribution in [0.3, 0.4) is 0 Å². The third-order valence-corrected chi connectivity index (χ3v) is 5.08. The minimum absolute atomic E-state index is 0.0375. The van der Waals surface area contributed by atoms with Crippen molar-refractivity contribution in [2.45, 2.75) is 26.0 Å². The molecule has 0 atom stereocenters. The Morgan fingerprint density at radius 1 is 1.10 bits per heavy atom. The number of amides is 3. The van der Waals surface area contributed by atoms with Gasteiger partial charge in [-0.05, 0) is 42.7 Å². The van der Waals surface area contributed by atoms with Crippen LogP contribution in [0.4, 0.5) is 19.3 Å². The van der Waals surface area contributed by atoms with E-state index in [9.17, 15) is 18.4 Å². The van der Waals surface area contributed by atoms with Crippen LogP contribution in [0.5, 0.6) is 11.5 Å². The van der Waals surface area contributed by atoms with Gasteiger partial charge >= 0.3 is 12.6 Å². The number of carbonyl (C=O) groups is 2. The SMILES string of the molecule is COc1cc(CNC(=O)N2CCC(C(=O)Nc3ccccc3)CC2)ccc1OC(F)F. The maximum absolute atomic E-state index is 12.5. The number of para-hydroxylation sites is 1. The lowest BCUT2D eigenvalue weighted by Crippen LogP contribution is -2.45. The monoisotopic (exact) mass is 433 g/mol. The van der Waals surface area contributed by atoms with Crippen molar-refractivity contribution in [2.24, 2.45) is 5.92 Å². The van der Waals surface area contributed by atoms with Gasteiger partial charge in [-0.3, -0.25) is 4.79 Å². The van der Waals surface area contributed by atoms with Crippen LogP contribution in [0.2, 0.25) is 0 Å². The number of alkyl halides is 2. The molecule has 1 heterocycles. The Kier molecular flexibility index (Phi) is 7.64. The second-order valence-corrected chi connectivity index (χ2v) is 7.14. The molecular weight excluding hydrogens is 408 g/mol. The molecule has 166 valence electrons. The van der Waals surface area contributed by atoms with Gasteiger partial charge in [-0.25, -0.2) is 4.79 Å². The lowest BCUT2D eigenvalue weighted by Gasteiger charge is -2.31. The molecule has 3 amide bonds. The van der Waals surface area contributed by atoms with Gasteiger partial charge in [0.15, 0.2) is 11.5 Å². The number of rotatable bonds is 7. The number of hydrogen-bond acceptors (Lipinski definition) is 4. The normalized spacial score (nSPS) is 14.3. The fourth-order valence-electron chi connectivity index (χ4n) is 3.42. The molecule has 3 rings (SSSR count). The molecule has 0 aromatic heterocycles. The van der Waals surface area contributed by atoms with E-state index in [4.69, 9.17) is 4.74 Å². The van der Waals surface area contributed by atoms with Crippen molar-refractivity contribution in [2.75, 3.05) is 25.5 Å². The van der Waals surface area contributed by atoms with E-state index in [0.717, 1.165) is 5.69 Å². The summed E-state index contributed by atoms with van der Waals surface area (Å²) in [6, 6.07) is 13.5. The standard InChI is InChI=1S/C22H25F2N3O4/c1-30-19-13-15(7-8-18(19)31-21(23)24)14-25-22(29)27-11-9-16(10-12-27)20(28)26-17-5-3-2-4-6-17/h2-8,13,16,21H,9-12,14H2,1H3,(H,25,29)(H,26,28). The molecule has 1 aliphatic rings. The lowest BCUT2D eigenvalue weighted by atomic mass is 9.96. The predicted octanol–water partition coefficient (Wildman–Crippen LogP) is 3.86. The topological polar surface area (TPSA) is 79.9 Å². The third-order valence-electron chi connectivity index (χ3n) is 5.08. The number of hydrogen-bond donors (Lipinski definition) is 2. The fourth-order valence-corrected chi connectivity index (χ4v) is 3.42. The summed E-state index contributed by atoms with van der Waals surface area (Å²) in [5.41, 5.74) is 1.44. The molecule has 0 unspecified atom stereocenters. The zero-order chi connectivity index (χ0) is 22.2. The van der Waals surface area contributed by atoms with Gasteiger partial charge in [0.25, 0.3) is 0 Å². The predicted molar refractivity (Wildman–Crippen MR) is 111 cm³/mol. The number of anilines is 1. The van der Waals surface area contributed by atoms with Gasteiger partial charge in [0.05, 0.1) is 7.11 Å². The highest BCUT2D eigenvalue weighted by molar-refractivity contribution is 5.92. The molecule has 2 aromatic carbocycles. The molecule has 0 saturated carbocycles. The highest BCUT2D eigenvalue weighted by Crippen LogP contribution is 2.29. The van der Waals surface area contributed by atoms with Crippen LogP contribution in [0, 0.1) is 5.92 Å². The summed E-state index contributed by atoms with van der Waals surface area (Å²) < 4.78 is 34.3. The van der Waals surface area contributed by atoms with Crippen LogP contribution in [0.1, 0.15) is 18.4 Å². The summed E-state index contributed by atoms with van der Waals surface area (Å²) >= 11 is 0. The van der Waals surface area contributed by atoms with Crippen LogP contribution in [-0.4, -0.2) is 43.6 Å². The molecule has 0 spiro atoms. The summed E-state index contributed by atoms with van der Waals surface area (Å²) in [6.07, 6.45) is 1.17. The molecule has 1 saturated heterocycles. The summed E-state index contributed by atoms with van der Waals surface area (Å²) in [6.45, 7) is -1.79. The minimum Gasteiger partial charge on any atom is -0.493 e. The van der Waals surface area contributed by atoms with Crippen LogP contribution in [0.25, 0.3) is 0 Å². The Balaban J connectivity index is 1.46. The van der Waals surface area contributed by atoms with Gasteiger partial charge in [0.1, 0.15) is 0 Å². The number of benzene rings is 2. The molecule has 2 N–H and O–H groups in total. The molecular formula is C22H25F2N3O4. The number of piperidine rings is 1. The Bertz CT molecular complexity index is 888. The van der Waals surface area contributed by atoms with E-state index in [2.05, 4.69) is 15.4 Å². The zero-order valence-corrected chi connectivity index (χ0v) is 17.1. The summed E-state index contributed by atoms with van der Waals surface area (Å²) in [5.74, 6) is -0.0823. The molecule has 0 aliphatic carbocycles. The van der Waals surface area contributed by atoms with Crippen molar-refractivity contribution in [3.05, 3.63) is 54.1 Å². The first-order chi connectivity index (χ1) is 15.0. The minimum atomic E-state index is -2.95. The van der Waals surface area contributed by atoms with Gasteiger partial charge in [-0.1, -0.05) is 24.3 Å². The zero-order valence-electron chi connectivity index (χ0n) is 17.1. The van der Waals surface area contributed by atoms with Crippen molar-refractivity contribution >= 4 is 17.6 Å². The molecule has 9 heteroatoms. The van der Waals surface area contributed by atoms with Gasteiger partial charge < -0.3 is 25.0 Å². The molecule has 2 aromatic rings. The van der Waals surface area contributed by atoms with E-state index in [1.54, 1.807) is 11.0 Å². The van der Waals surface area contributed by atoms with Gasteiger partial charge in [0, 0.05) is 31.2 Å². The van der Waals surface area contributed by atoms with E-state index in [-0.39, 0.29) is 35.9 Å². The van der Waals surface area contributed by atoms with Gasteiger partial charge in [-0.15, -0.1) is 0 Å². The molecule has 1 fully saturated rings. The number of ether oxygens (including phenoxy) is 2. The fraction of sp³-hybridized carbons (Fsp3) is 0.364. The first-order valence-electron chi connectivity index (χ1n) is 9.96. The average molecular weight is 433 g/mol. The number of urea groups is 1. The van der Waals surface area contributed by atoms with Gasteiger partial charge in [-0.2, -0.15) is 8.78 Å². The van der Waals surface area contributed by atoms with Crippen molar-refractivity contribution < 1.29 is 27.8 Å². The third kappa shape index (κ3) is 6.31. The number of carbonyl (C=O) groups excluding carboxylic acids is 2. The molecule has 31 heavy (non-hydrogen) atoms. The van der Waals surface area contributed by atoms with Gasteiger partial charge in [0.2, 0.25) is 5.91 Å². The average Bonchev–Trinajstić information content (AvgIpc) is 2.78. The maximum Gasteiger partial charge on any atom is 0.387 e. The molecule has 0 bridgehead atoms. The number of halogens is 2.